The molecule has 1 atom stereocenters. The van der Waals surface area contributed by atoms with Crippen LogP contribution >= 0.6 is 11.6 Å². The maximum atomic E-state index is 13.2. The molecular formula is C14H15ClFN3O. The molecule has 2 aromatic rings. The van der Waals surface area contributed by atoms with Crippen molar-refractivity contribution in [3.05, 3.63) is 39.7 Å². The van der Waals surface area contributed by atoms with Crippen molar-refractivity contribution in [3.63, 3.8) is 0 Å². The van der Waals surface area contributed by atoms with E-state index in [0.29, 0.717) is 23.4 Å². The summed E-state index contributed by atoms with van der Waals surface area (Å²) in [5.41, 5.74) is 0.101. The van der Waals surface area contributed by atoms with Gasteiger partial charge in [-0.2, -0.15) is 0 Å². The molecule has 1 unspecified atom stereocenters. The molecule has 2 heterocycles. The lowest BCUT2D eigenvalue weighted by molar-refractivity contribution is 0.333. The highest BCUT2D eigenvalue weighted by Gasteiger charge is 2.17. The van der Waals surface area contributed by atoms with Crippen molar-refractivity contribution in [3.8, 4) is 0 Å². The van der Waals surface area contributed by atoms with Crippen LogP contribution in [0.25, 0.3) is 10.9 Å². The van der Waals surface area contributed by atoms with E-state index in [1.807, 2.05) is 0 Å². The first-order valence-electron chi connectivity index (χ1n) is 6.71. The van der Waals surface area contributed by atoms with E-state index in [-0.39, 0.29) is 10.8 Å². The monoisotopic (exact) mass is 295 g/mol. The van der Waals surface area contributed by atoms with Crippen LogP contribution in [-0.2, 0) is 6.54 Å². The number of aromatic nitrogens is 2. The zero-order valence-corrected chi connectivity index (χ0v) is 11.7. The lowest BCUT2D eigenvalue weighted by atomic mass is 10.00. The van der Waals surface area contributed by atoms with Gasteiger partial charge < -0.3 is 5.32 Å². The molecule has 1 saturated heterocycles. The van der Waals surface area contributed by atoms with E-state index in [4.69, 9.17) is 11.6 Å². The van der Waals surface area contributed by atoms with Crippen LogP contribution in [0.3, 0.4) is 0 Å². The Hall–Kier alpha value is -1.46. The molecule has 0 saturated carbocycles. The van der Waals surface area contributed by atoms with Crippen molar-refractivity contribution in [1.82, 2.24) is 14.9 Å². The summed E-state index contributed by atoms with van der Waals surface area (Å²) in [6.45, 7) is 2.45. The Morgan fingerprint density at radius 3 is 3.10 bits per heavy atom. The van der Waals surface area contributed by atoms with Gasteiger partial charge in [-0.1, -0.05) is 0 Å². The second-order valence-corrected chi connectivity index (χ2v) is 5.51. The molecule has 6 heteroatoms. The van der Waals surface area contributed by atoms with Crippen molar-refractivity contribution in [2.24, 2.45) is 5.92 Å². The molecule has 106 valence electrons. The van der Waals surface area contributed by atoms with Gasteiger partial charge in [-0.3, -0.25) is 9.36 Å². The lowest BCUT2D eigenvalue weighted by Crippen LogP contribution is -2.35. The van der Waals surface area contributed by atoms with Crippen LogP contribution < -0.4 is 10.9 Å². The Labute approximate surface area is 120 Å². The number of halogens is 2. The lowest BCUT2D eigenvalue weighted by Gasteiger charge is -2.23. The van der Waals surface area contributed by atoms with Crippen LogP contribution in [0.5, 0.6) is 0 Å². The highest BCUT2D eigenvalue weighted by Crippen LogP contribution is 2.17. The van der Waals surface area contributed by atoms with Gasteiger partial charge in [0.1, 0.15) is 5.82 Å². The molecule has 0 bridgehead atoms. The van der Waals surface area contributed by atoms with Gasteiger partial charge in [-0.15, -0.1) is 0 Å². The van der Waals surface area contributed by atoms with Gasteiger partial charge in [0.15, 0.2) is 0 Å². The number of hydrogen-bond donors (Lipinski definition) is 1. The Balaban J connectivity index is 2.02. The fourth-order valence-electron chi connectivity index (χ4n) is 2.66. The van der Waals surface area contributed by atoms with Crippen LogP contribution in [0.15, 0.2) is 23.0 Å². The average molecular weight is 296 g/mol. The predicted octanol–water partition coefficient (Wildman–Crippen LogP) is 2.19. The van der Waals surface area contributed by atoms with Crippen molar-refractivity contribution >= 4 is 22.5 Å². The molecule has 0 spiro atoms. The summed E-state index contributed by atoms with van der Waals surface area (Å²) in [7, 11) is 0. The van der Waals surface area contributed by atoms with Crippen LogP contribution in [0.4, 0.5) is 4.39 Å². The minimum Gasteiger partial charge on any atom is -0.316 e. The standard InChI is InChI=1S/C14H15ClFN3O/c15-14-18-12-6-10(16)3-4-11(12)13(20)19(14)8-9-2-1-5-17-7-9/h3-4,6,9,17H,1-2,5,7-8H2. The number of nitrogens with zero attached hydrogens (tertiary/aromatic N) is 2. The molecule has 1 fully saturated rings. The fraction of sp³-hybridized carbons (Fsp3) is 0.429. The average Bonchev–Trinajstić information content (AvgIpc) is 2.44. The van der Waals surface area contributed by atoms with Gasteiger partial charge in [-0.05, 0) is 55.6 Å². The topological polar surface area (TPSA) is 46.9 Å². The van der Waals surface area contributed by atoms with E-state index in [2.05, 4.69) is 10.3 Å². The normalized spacial score (nSPS) is 19.4. The summed E-state index contributed by atoms with van der Waals surface area (Å²) in [5.74, 6) is -0.0478. The zero-order valence-electron chi connectivity index (χ0n) is 10.9. The maximum absolute atomic E-state index is 13.2. The van der Waals surface area contributed by atoms with Crippen molar-refractivity contribution in [2.45, 2.75) is 19.4 Å². The van der Waals surface area contributed by atoms with E-state index >= 15 is 0 Å². The number of benzene rings is 1. The number of rotatable bonds is 2. The number of hydrogen-bond acceptors (Lipinski definition) is 3. The molecule has 0 aliphatic carbocycles. The van der Waals surface area contributed by atoms with Gasteiger partial charge in [0.2, 0.25) is 5.28 Å². The van der Waals surface area contributed by atoms with Gasteiger partial charge in [-0.25, -0.2) is 9.37 Å². The summed E-state index contributed by atoms with van der Waals surface area (Å²) in [6.07, 6.45) is 2.17. The van der Waals surface area contributed by atoms with Crippen molar-refractivity contribution in [2.75, 3.05) is 13.1 Å². The number of nitrogens with one attached hydrogen (secondary N) is 1. The van der Waals surface area contributed by atoms with E-state index in [1.165, 1.54) is 22.8 Å². The molecule has 3 rings (SSSR count). The highest BCUT2D eigenvalue weighted by atomic mass is 35.5. The molecular weight excluding hydrogens is 281 g/mol. The number of fused-ring (bicyclic) bond motifs is 1. The molecule has 1 aliphatic heterocycles. The summed E-state index contributed by atoms with van der Waals surface area (Å²) in [6, 6.07) is 3.97. The first-order chi connectivity index (χ1) is 9.65. The minimum atomic E-state index is -0.422. The van der Waals surface area contributed by atoms with Crippen molar-refractivity contribution in [1.29, 1.82) is 0 Å². The van der Waals surface area contributed by atoms with E-state index in [9.17, 15) is 9.18 Å². The van der Waals surface area contributed by atoms with Gasteiger partial charge in [0, 0.05) is 12.6 Å². The molecule has 1 aromatic carbocycles. The van der Waals surface area contributed by atoms with Gasteiger partial charge >= 0.3 is 0 Å². The first kappa shape index (κ1) is 13.5. The summed E-state index contributed by atoms with van der Waals surface area (Å²) >= 11 is 6.09. The fourth-order valence-corrected chi connectivity index (χ4v) is 2.90. The minimum absolute atomic E-state index is 0.124. The number of piperidine rings is 1. The molecule has 1 N–H and O–H groups in total. The van der Waals surface area contributed by atoms with Gasteiger partial charge in [0.05, 0.1) is 10.9 Å². The Morgan fingerprint density at radius 2 is 2.35 bits per heavy atom. The largest absolute Gasteiger partial charge is 0.316 e. The highest BCUT2D eigenvalue weighted by molar-refractivity contribution is 6.28. The molecule has 4 nitrogen and oxygen atoms in total. The Morgan fingerprint density at radius 1 is 1.50 bits per heavy atom. The van der Waals surface area contributed by atoms with Crippen LogP contribution in [0.1, 0.15) is 12.8 Å². The van der Waals surface area contributed by atoms with Crippen LogP contribution in [0.2, 0.25) is 5.28 Å². The van der Waals surface area contributed by atoms with Gasteiger partial charge in [0.25, 0.3) is 5.56 Å². The summed E-state index contributed by atoms with van der Waals surface area (Å²) in [5, 5.41) is 3.84. The second-order valence-electron chi connectivity index (χ2n) is 5.17. The molecule has 20 heavy (non-hydrogen) atoms. The van der Waals surface area contributed by atoms with Crippen molar-refractivity contribution < 1.29 is 4.39 Å². The van der Waals surface area contributed by atoms with E-state index in [1.54, 1.807) is 0 Å². The van der Waals surface area contributed by atoms with Crippen LogP contribution in [0, 0.1) is 11.7 Å². The zero-order chi connectivity index (χ0) is 14.1. The molecule has 1 aromatic heterocycles. The summed E-state index contributed by atoms with van der Waals surface area (Å²) < 4.78 is 14.7. The quantitative estimate of drug-likeness (QED) is 0.864. The van der Waals surface area contributed by atoms with E-state index in [0.717, 1.165) is 25.9 Å². The Kier molecular flexibility index (Phi) is 3.72. The third-order valence-electron chi connectivity index (χ3n) is 3.71. The second kappa shape index (κ2) is 5.50. The SMILES string of the molecule is O=c1c2ccc(F)cc2nc(Cl)n1CC1CCCNC1. The van der Waals surface area contributed by atoms with Crippen LogP contribution in [-0.4, -0.2) is 22.6 Å². The predicted molar refractivity (Wildman–Crippen MR) is 76.6 cm³/mol. The molecule has 1 aliphatic rings. The Bertz CT molecular complexity index is 695. The third-order valence-corrected chi connectivity index (χ3v) is 4.00. The summed E-state index contributed by atoms with van der Waals surface area (Å²) in [4.78, 5) is 16.6. The van der Waals surface area contributed by atoms with E-state index < -0.39 is 5.82 Å². The smallest absolute Gasteiger partial charge is 0.262 e. The molecule has 0 radical (unpaired) electrons. The maximum Gasteiger partial charge on any atom is 0.262 e. The molecule has 0 amide bonds. The third kappa shape index (κ3) is 2.55. The first-order valence-corrected chi connectivity index (χ1v) is 7.09.